The third kappa shape index (κ3) is 6.88. The molecule has 0 bridgehead atoms. The highest BCUT2D eigenvalue weighted by Gasteiger charge is 2.40. The lowest BCUT2D eigenvalue weighted by Gasteiger charge is -2.38. The van der Waals surface area contributed by atoms with Gasteiger partial charge in [0.15, 0.2) is 8.32 Å². The monoisotopic (exact) mass is 450 g/mol. The second-order valence-electron chi connectivity index (χ2n) is 10.1. The molecular formula is C27H38N2O2Si. The standard InChI is InChI=1S/C27H38N2O2Si/c1-27(2,3)32(4,5)31-25(18-12-7-6-9-14-22-15-10-8-11-16-22)26-29-24(21-30-26)23-17-13-19-28-20-23/h8,10-11,13,15-17,19-21,25H,6-7,9,12,14,18H2,1-5H3. The molecule has 0 N–H and O–H groups in total. The van der Waals surface area contributed by atoms with Crippen LogP contribution in [0.1, 0.15) is 70.4 Å². The van der Waals surface area contributed by atoms with E-state index in [1.807, 2.05) is 18.3 Å². The Morgan fingerprint density at radius 2 is 1.72 bits per heavy atom. The van der Waals surface area contributed by atoms with Crippen molar-refractivity contribution in [3.63, 3.8) is 0 Å². The fourth-order valence-corrected chi connectivity index (χ4v) is 4.79. The number of hydrogen-bond donors (Lipinski definition) is 0. The maximum Gasteiger partial charge on any atom is 0.222 e. The summed E-state index contributed by atoms with van der Waals surface area (Å²) >= 11 is 0. The van der Waals surface area contributed by atoms with E-state index in [2.05, 4.69) is 69.2 Å². The summed E-state index contributed by atoms with van der Waals surface area (Å²) < 4.78 is 12.7. The number of aromatic nitrogens is 2. The van der Waals surface area contributed by atoms with Crippen LogP contribution in [0.3, 0.4) is 0 Å². The van der Waals surface area contributed by atoms with E-state index in [0.29, 0.717) is 5.89 Å². The first-order chi connectivity index (χ1) is 15.3. The highest BCUT2D eigenvalue weighted by molar-refractivity contribution is 6.74. The number of rotatable bonds is 11. The Kier molecular flexibility index (Phi) is 8.43. The first-order valence-corrected chi connectivity index (χ1v) is 14.7. The number of unbranched alkanes of at least 4 members (excludes halogenated alkanes) is 3. The lowest BCUT2D eigenvalue weighted by molar-refractivity contribution is 0.138. The predicted octanol–water partition coefficient (Wildman–Crippen LogP) is 7.99. The molecule has 0 aliphatic heterocycles. The van der Waals surface area contributed by atoms with Crippen molar-refractivity contribution >= 4 is 8.32 Å². The van der Waals surface area contributed by atoms with Gasteiger partial charge in [0, 0.05) is 18.0 Å². The van der Waals surface area contributed by atoms with Gasteiger partial charge in [-0.25, -0.2) is 4.98 Å². The SMILES string of the molecule is CC(C)(C)[Si](C)(C)OC(CCCCCCc1ccccc1)c1nc(-c2cccnc2)co1. The third-order valence-corrected chi connectivity index (χ3v) is 11.0. The molecule has 1 aromatic carbocycles. The molecule has 0 saturated heterocycles. The van der Waals surface area contributed by atoms with Crippen LogP contribution >= 0.6 is 0 Å². The molecule has 3 rings (SSSR count). The van der Waals surface area contributed by atoms with Crippen LogP contribution in [0.5, 0.6) is 0 Å². The van der Waals surface area contributed by atoms with Crippen LogP contribution in [0.4, 0.5) is 0 Å². The Hall–Kier alpha value is -2.24. The lowest BCUT2D eigenvalue weighted by Crippen LogP contribution is -2.41. The molecule has 0 spiro atoms. The van der Waals surface area contributed by atoms with E-state index in [-0.39, 0.29) is 11.1 Å². The van der Waals surface area contributed by atoms with E-state index in [9.17, 15) is 0 Å². The van der Waals surface area contributed by atoms with Crippen LogP contribution in [0.25, 0.3) is 11.3 Å². The van der Waals surface area contributed by atoms with Gasteiger partial charge in [-0.1, -0.05) is 70.4 Å². The molecule has 5 heteroatoms. The average molecular weight is 451 g/mol. The molecule has 0 amide bonds. The fraction of sp³-hybridized carbons (Fsp3) is 0.481. The maximum atomic E-state index is 6.78. The first kappa shape index (κ1) is 24.4. The van der Waals surface area contributed by atoms with Gasteiger partial charge in [0.05, 0.1) is 0 Å². The molecule has 0 saturated carbocycles. The Bertz CT molecular complexity index is 933. The van der Waals surface area contributed by atoms with E-state index < -0.39 is 8.32 Å². The first-order valence-electron chi connectivity index (χ1n) is 11.8. The Morgan fingerprint density at radius 3 is 2.41 bits per heavy atom. The highest BCUT2D eigenvalue weighted by atomic mass is 28.4. The van der Waals surface area contributed by atoms with Crippen molar-refractivity contribution in [2.75, 3.05) is 0 Å². The van der Waals surface area contributed by atoms with Crippen LogP contribution in [0.15, 0.2) is 65.5 Å². The minimum absolute atomic E-state index is 0.101. The minimum Gasteiger partial charge on any atom is -0.446 e. The van der Waals surface area contributed by atoms with Gasteiger partial charge in [-0.2, -0.15) is 0 Å². The van der Waals surface area contributed by atoms with Gasteiger partial charge in [-0.3, -0.25) is 4.98 Å². The molecule has 2 aromatic heterocycles. The smallest absolute Gasteiger partial charge is 0.222 e. The zero-order valence-corrected chi connectivity index (χ0v) is 21.3. The summed E-state index contributed by atoms with van der Waals surface area (Å²) in [6, 6.07) is 14.7. The number of hydrogen-bond acceptors (Lipinski definition) is 4. The van der Waals surface area contributed by atoms with Crippen molar-refractivity contribution in [3.05, 3.63) is 72.6 Å². The van der Waals surface area contributed by atoms with Crippen LogP contribution in [-0.2, 0) is 10.8 Å². The lowest BCUT2D eigenvalue weighted by atomic mass is 10.0. The molecule has 1 unspecified atom stereocenters. The summed E-state index contributed by atoms with van der Waals surface area (Å²) in [4.78, 5) is 8.99. The topological polar surface area (TPSA) is 48.2 Å². The maximum absolute atomic E-state index is 6.78. The summed E-state index contributed by atoms with van der Waals surface area (Å²) in [6.45, 7) is 11.4. The number of oxazole rings is 1. The highest BCUT2D eigenvalue weighted by Crippen LogP contribution is 2.41. The molecule has 172 valence electrons. The van der Waals surface area contributed by atoms with Crippen molar-refractivity contribution in [2.45, 2.75) is 83.5 Å². The van der Waals surface area contributed by atoms with Crippen LogP contribution in [0, 0.1) is 0 Å². The number of aryl methyl sites for hydroxylation is 1. The van der Waals surface area contributed by atoms with Crippen molar-refractivity contribution in [3.8, 4) is 11.3 Å². The van der Waals surface area contributed by atoms with E-state index in [0.717, 1.165) is 30.5 Å². The Morgan fingerprint density at radius 1 is 0.969 bits per heavy atom. The van der Waals surface area contributed by atoms with Gasteiger partial charge in [0.1, 0.15) is 18.1 Å². The van der Waals surface area contributed by atoms with Crippen molar-refractivity contribution < 1.29 is 8.84 Å². The normalized spacial score (nSPS) is 13.3. The Labute approximate surface area is 194 Å². The minimum atomic E-state index is -1.95. The van der Waals surface area contributed by atoms with Crippen molar-refractivity contribution in [1.29, 1.82) is 0 Å². The van der Waals surface area contributed by atoms with Crippen molar-refractivity contribution in [1.82, 2.24) is 9.97 Å². The van der Waals surface area contributed by atoms with Gasteiger partial charge in [-0.15, -0.1) is 0 Å². The number of pyridine rings is 1. The molecule has 4 nitrogen and oxygen atoms in total. The molecule has 0 fully saturated rings. The number of benzene rings is 1. The molecule has 0 aliphatic carbocycles. The predicted molar refractivity (Wildman–Crippen MR) is 134 cm³/mol. The zero-order chi connectivity index (χ0) is 23.0. The van der Waals surface area contributed by atoms with Crippen LogP contribution < -0.4 is 0 Å². The average Bonchev–Trinajstić information content (AvgIpc) is 3.26. The van der Waals surface area contributed by atoms with Crippen LogP contribution in [0.2, 0.25) is 18.1 Å². The van der Waals surface area contributed by atoms with Crippen molar-refractivity contribution in [2.24, 2.45) is 0 Å². The summed E-state index contributed by atoms with van der Waals surface area (Å²) in [5.41, 5.74) is 3.21. The molecule has 0 aliphatic rings. The summed E-state index contributed by atoms with van der Waals surface area (Å²) in [5, 5.41) is 0.139. The quantitative estimate of drug-likeness (QED) is 0.219. The summed E-state index contributed by atoms with van der Waals surface area (Å²) in [7, 11) is -1.95. The van der Waals surface area contributed by atoms with Gasteiger partial charge in [0.25, 0.3) is 0 Å². The van der Waals surface area contributed by atoms with Gasteiger partial charge < -0.3 is 8.84 Å². The zero-order valence-electron chi connectivity index (χ0n) is 20.3. The second kappa shape index (κ2) is 11.1. The third-order valence-electron chi connectivity index (χ3n) is 6.52. The summed E-state index contributed by atoms with van der Waals surface area (Å²) in [5.74, 6) is 0.693. The second-order valence-corrected chi connectivity index (χ2v) is 14.9. The fourth-order valence-electron chi connectivity index (χ4n) is 3.50. The molecule has 2 heterocycles. The van der Waals surface area contributed by atoms with Gasteiger partial charge in [0.2, 0.25) is 5.89 Å². The number of nitrogens with zero attached hydrogens (tertiary/aromatic N) is 2. The Balaban J connectivity index is 1.60. The van der Waals surface area contributed by atoms with E-state index in [1.54, 1.807) is 12.5 Å². The van der Waals surface area contributed by atoms with E-state index in [4.69, 9.17) is 13.8 Å². The summed E-state index contributed by atoms with van der Waals surface area (Å²) in [6.07, 6.45) is 12.1. The van der Waals surface area contributed by atoms with Gasteiger partial charge >= 0.3 is 0 Å². The van der Waals surface area contributed by atoms with E-state index in [1.165, 1.54) is 24.8 Å². The van der Waals surface area contributed by atoms with Gasteiger partial charge in [-0.05, 0) is 55.1 Å². The van der Waals surface area contributed by atoms with E-state index >= 15 is 0 Å². The molecule has 0 radical (unpaired) electrons. The molecule has 3 aromatic rings. The van der Waals surface area contributed by atoms with Crippen LogP contribution in [-0.4, -0.2) is 18.3 Å². The molecular weight excluding hydrogens is 412 g/mol. The molecule has 32 heavy (non-hydrogen) atoms. The molecule has 1 atom stereocenters. The largest absolute Gasteiger partial charge is 0.446 e.